The third kappa shape index (κ3) is 5.58. The Morgan fingerprint density at radius 1 is 0.821 bits per heavy atom. The van der Waals surface area contributed by atoms with Crippen molar-refractivity contribution in [3.63, 3.8) is 0 Å². The highest BCUT2D eigenvalue weighted by molar-refractivity contribution is 5.88. The van der Waals surface area contributed by atoms with Crippen molar-refractivity contribution in [2.75, 3.05) is 7.11 Å². The molecule has 5 aliphatic rings. The van der Waals surface area contributed by atoms with Crippen LogP contribution < -0.4 is 0 Å². The molecule has 0 N–H and O–H groups in total. The molecule has 14 nitrogen and oxygen atoms in total. The Hall–Kier alpha value is -4.20. The second-order valence-electron chi connectivity index (χ2n) is 17.5. The zero-order valence-electron chi connectivity index (χ0n) is 34.4. The van der Waals surface area contributed by atoms with E-state index < -0.39 is 117 Å². The molecule has 5 fully saturated rings. The molecule has 0 bridgehead atoms. The van der Waals surface area contributed by atoms with Gasteiger partial charge in [-0.1, -0.05) is 26.8 Å². The normalized spacial score (nSPS) is 42.2. The van der Waals surface area contributed by atoms with Gasteiger partial charge in [-0.05, 0) is 70.9 Å². The standard InChI is InChI=1S/C42H56O14/c1-13-21(4)35(46)55-28-18-29(52-22(5)43)39(9,37(48)49-12)27-17-30(53-23(6)44)41(11)34(38(27,28)8)33(54-24(7)45)32(36(47)51-20(2)3)40(10)26(25-14-15-50-19-25)16-31-42(40,41)56-31/h13-15,19-20,26-34H,16-18H2,1-12H3/t26-,27+,28-,29+,30+,31+,32+,33-,34+,38+,39-,40+,41+,42+/m0/s1. The van der Waals surface area contributed by atoms with E-state index in [9.17, 15) is 28.8 Å². The minimum atomic E-state index is -1.63. The number of fused-ring (bicyclic) bond motifs is 3. The fourth-order valence-electron chi connectivity index (χ4n) is 12.5. The number of methoxy groups -OCH3 is 1. The highest BCUT2D eigenvalue weighted by Gasteiger charge is 2.93. The average Bonchev–Trinajstić information content (AvgIpc) is 3.46. The number of allylic oxidation sites excluding steroid dienone is 1. The van der Waals surface area contributed by atoms with Gasteiger partial charge in [-0.15, -0.1) is 0 Å². The van der Waals surface area contributed by atoms with Gasteiger partial charge in [0.15, 0.2) is 0 Å². The summed E-state index contributed by atoms with van der Waals surface area (Å²) < 4.78 is 49.2. The van der Waals surface area contributed by atoms with E-state index in [1.807, 2.05) is 26.8 Å². The predicted molar refractivity (Wildman–Crippen MR) is 195 cm³/mol. The maximum atomic E-state index is 15.0. The number of ether oxygens (including phenoxy) is 7. The molecule has 4 aliphatic carbocycles. The van der Waals surface area contributed by atoms with Gasteiger partial charge in [0.05, 0.1) is 31.8 Å². The molecule has 0 radical (unpaired) electrons. The first-order valence-electron chi connectivity index (χ1n) is 19.5. The van der Waals surface area contributed by atoms with E-state index in [0.717, 1.165) is 5.56 Å². The van der Waals surface area contributed by atoms with E-state index in [4.69, 9.17) is 37.6 Å². The zero-order chi connectivity index (χ0) is 41.5. The van der Waals surface area contributed by atoms with Gasteiger partial charge >= 0.3 is 35.8 Å². The zero-order valence-corrected chi connectivity index (χ0v) is 34.4. The van der Waals surface area contributed by atoms with E-state index in [-0.39, 0.29) is 18.8 Å². The van der Waals surface area contributed by atoms with Gasteiger partial charge in [-0.2, -0.15) is 0 Å². The summed E-state index contributed by atoms with van der Waals surface area (Å²) in [6.07, 6.45) is -0.509. The number of carbonyl (C=O) groups excluding carboxylic acids is 6. The lowest BCUT2D eigenvalue weighted by Gasteiger charge is -2.72. The molecule has 1 saturated heterocycles. The summed E-state index contributed by atoms with van der Waals surface area (Å²) in [6.45, 7) is 17.9. The van der Waals surface area contributed by atoms with Crippen molar-refractivity contribution >= 4 is 35.8 Å². The third-order valence-electron chi connectivity index (χ3n) is 14.6. The summed E-state index contributed by atoms with van der Waals surface area (Å²) in [5.74, 6) is -7.46. The first-order valence-corrected chi connectivity index (χ1v) is 19.5. The summed E-state index contributed by atoms with van der Waals surface area (Å²) in [4.78, 5) is 82.7. The van der Waals surface area contributed by atoms with Crippen molar-refractivity contribution in [2.24, 2.45) is 39.4 Å². The maximum absolute atomic E-state index is 15.0. The predicted octanol–water partition coefficient (Wildman–Crippen LogP) is 5.40. The van der Waals surface area contributed by atoms with Crippen LogP contribution in [-0.2, 0) is 61.9 Å². The van der Waals surface area contributed by atoms with Crippen LogP contribution in [-0.4, -0.2) is 85.2 Å². The monoisotopic (exact) mass is 784 g/mol. The van der Waals surface area contributed by atoms with Crippen LogP contribution in [0.4, 0.5) is 0 Å². The van der Waals surface area contributed by atoms with Crippen molar-refractivity contribution in [1.29, 1.82) is 0 Å². The summed E-state index contributed by atoms with van der Waals surface area (Å²) in [7, 11) is 1.23. The molecule has 6 rings (SSSR count). The topological polar surface area (TPSA) is 183 Å². The lowest BCUT2D eigenvalue weighted by atomic mass is 9.32. The second-order valence-corrected chi connectivity index (χ2v) is 17.5. The van der Waals surface area contributed by atoms with Gasteiger partial charge in [-0.25, -0.2) is 4.79 Å². The van der Waals surface area contributed by atoms with Crippen LogP contribution in [0.5, 0.6) is 0 Å². The molecule has 1 aromatic heterocycles. The number of hydrogen-bond donors (Lipinski definition) is 0. The van der Waals surface area contributed by atoms with Crippen molar-refractivity contribution in [3.05, 3.63) is 35.8 Å². The van der Waals surface area contributed by atoms with Crippen molar-refractivity contribution in [2.45, 2.75) is 144 Å². The Morgan fingerprint density at radius 3 is 1.98 bits per heavy atom. The fourth-order valence-corrected chi connectivity index (χ4v) is 12.5. The van der Waals surface area contributed by atoms with Gasteiger partial charge in [-0.3, -0.25) is 24.0 Å². The van der Waals surface area contributed by atoms with Crippen molar-refractivity contribution < 1.29 is 66.3 Å². The van der Waals surface area contributed by atoms with Crippen LogP contribution in [0.15, 0.2) is 34.7 Å². The third-order valence-corrected chi connectivity index (χ3v) is 14.6. The molecule has 308 valence electrons. The lowest BCUT2D eigenvalue weighted by molar-refractivity contribution is -0.322. The van der Waals surface area contributed by atoms with E-state index in [1.165, 1.54) is 27.9 Å². The fraction of sp³-hybridized carbons (Fsp3) is 0.714. The molecule has 0 amide bonds. The molecule has 1 spiro atoms. The van der Waals surface area contributed by atoms with E-state index in [1.54, 1.807) is 53.2 Å². The number of esters is 6. The first-order chi connectivity index (χ1) is 26.1. The highest BCUT2D eigenvalue weighted by Crippen LogP contribution is 2.84. The molecular formula is C42H56O14. The Labute approximate surface area is 327 Å². The largest absolute Gasteiger partial charge is 0.472 e. The van der Waals surface area contributed by atoms with Gasteiger partial charge in [0, 0.05) is 54.9 Å². The number of epoxide rings is 1. The van der Waals surface area contributed by atoms with Gasteiger partial charge < -0.3 is 37.6 Å². The van der Waals surface area contributed by atoms with Crippen LogP contribution in [0.1, 0.15) is 107 Å². The Kier molecular flexibility index (Phi) is 10.4. The Balaban J connectivity index is 1.73. The molecule has 56 heavy (non-hydrogen) atoms. The number of furan rings is 1. The Bertz CT molecular complexity index is 1820. The van der Waals surface area contributed by atoms with Crippen molar-refractivity contribution in [3.8, 4) is 0 Å². The molecule has 14 atom stereocenters. The Morgan fingerprint density at radius 2 is 1.45 bits per heavy atom. The quantitative estimate of drug-likeness (QED) is 0.134. The van der Waals surface area contributed by atoms with Crippen LogP contribution in [0.3, 0.4) is 0 Å². The molecule has 2 heterocycles. The van der Waals surface area contributed by atoms with Gasteiger partial charge in [0.2, 0.25) is 0 Å². The number of carbonyl (C=O) groups is 6. The SMILES string of the molecule is CC=C(C)C(=O)O[C@H]1C[C@@H](OC(C)=O)[C@@](C)(C(=O)OC)[C@@H]2C[C@@H](OC(C)=O)[C@]3(C)[C@H]([C@@H](OC(C)=O)[C@H](C(=O)OC(C)C)[C@@]4(C)[C@H](c5ccoc5)C[C@H]5O[C@@]534)[C@@]12C. The molecular weight excluding hydrogens is 728 g/mol. The minimum Gasteiger partial charge on any atom is -0.472 e. The van der Waals surface area contributed by atoms with Crippen LogP contribution in [0.2, 0.25) is 0 Å². The lowest BCUT2D eigenvalue weighted by Crippen LogP contribution is -2.80. The molecule has 14 heteroatoms. The minimum absolute atomic E-state index is 0.00127. The first kappa shape index (κ1) is 41.4. The van der Waals surface area contributed by atoms with Crippen LogP contribution in [0.25, 0.3) is 0 Å². The summed E-state index contributed by atoms with van der Waals surface area (Å²) in [5, 5.41) is 0. The summed E-state index contributed by atoms with van der Waals surface area (Å²) in [6, 6.07) is 1.84. The highest BCUT2D eigenvalue weighted by atomic mass is 16.6. The molecule has 1 aliphatic heterocycles. The summed E-state index contributed by atoms with van der Waals surface area (Å²) in [5.41, 5.74) is -5.53. The molecule has 1 aromatic rings. The van der Waals surface area contributed by atoms with E-state index in [2.05, 4.69) is 0 Å². The molecule has 4 saturated carbocycles. The number of rotatable bonds is 9. The van der Waals surface area contributed by atoms with Crippen LogP contribution >= 0.6 is 0 Å². The summed E-state index contributed by atoms with van der Waals surface area (Å²) >= 11 is 0. The number of hydrogen-bond acceptors (Lipinski definition) is 14. The van der Waals surface area contributed by atoms with Gasteiger partial charge in [0.25, 0.3) is 0 Å². The maximum Gasteiger partial charge on any atom is 0.333 e. The van der Waals surface area contributed by atoms with E-state index in [0.29, 0.717) is 12.0 Å². The van der Waals surface area contributed by atoms with Crippen LogP contribution in [0, 0.1) is 39.4 Å². The smallest absolute Gasteiger partial charge is 0.333 e. The molecule has 0 unspecified atom stereocenters. The second kappa shape index (κ2) is 14.0. The van der Waals surface area contributed by atoms with Crippen molar-refractivity contribution in [1.82, 2.24) is 0 Å². The average molecular weight is 785 g/mol. The van der Waals surface area contributed by atoms with Gasteiger partial charge in [0.1, 0.15) is 41.3 Å². The molecule has 0 aromatic carbocycles. The van der Waals surface area contributed by atoms with E-state index >= 15 is 0 Å².